The summed E-state index contributed by atoms with van der Waals surface area (Å²) in [5, 5.41) is 0. The molecule has 0 radical (unpaired) electrons. The fourth-order valence-electron chi connectivity index (χ4n) is 3.26. The molecule has 0 atom stereocenters. The Morgan fingerprint density at radius 1 is 0.893 bits per heavy atom. The number of carbonyl (C=O) groups is 2. The fraction of sp³-hybridized carbons (Fsp3) is 0.652. The normalized spacial score (nSPS) is 15.5. The van der Waals surface area contributed by atoms with Crippen molar-refractivity contribution in [1.82, 2.24) is 9.80 Å². The molecule has 0 spiro atoms. The van der Waals surface area contributed by atoms with Crippen LogP contribution in [0.4, 0.5) is 0 Å². The summed E-state index contributed by atoms with van der Waals surface area (Å²) >= 11 is 0. The Morgan fingerprint density at radius 2 is 1.43 bits per heavy atom. The molecule has 1 aromatic rings. The van der Waals surface area contributed by atoms with Gasteiger partial charge in [-0.15, -0.1) is 0 Å². The molecule has 2 rings (SSSR count). The maximum atomic E-state index is 12.4. The molecule has 0 unspecified atom stereocenters. The Kier molecular flexibility index (Phi) is 7.13. The highest BCUT2D eigenvalue weighted by molar-refractivity contribution is 5.82. The highest BCUT2D eigenvalue weighted by atomic mass is 16.5. The minimum absolute atomic E-state index is 0.131. The molecule has 1 aromatic carbocycles. The molecule has 5 nitrogen and oxygen atoms in total. The van der Waals surface area contributed by atoms with Crippen molar-refractivity contribution in [2.75, 3.05) is 32.8 Å². The smallest absolute Gasteiger partial charge is 0.228 e. The molecule has 1 fully saturated rings. The quantitative estimate of drug-likeness (QED) is 0.720. The zero-order chi connectivity index (χ0) is 20.9. The van der Waals surface area contributed by atoms with Crippen LogP contribution < -0.4 is 4.74 Å². The number of benzene rings is 1. The Morgan fingerprint density at radius 3 is 1.93 bits per heavy atom. The zero-order valence-electron chi connectivity index (χ0n) is 18.4. The van der Waals surface area contributed by atoms with Gasteiger partial charge in [0, 0.05) is 38.0 Å². The lowest BCUT2D eigenvalue weighted by Gasteiger charge is -2.37. The molecular formula is C23H36N2O3. The van der Waals surface area contributed by atoms with E-state index >= 15 is 0 Å². The van der Waals surface area contributed by atoms with Crippen LogP contribution in [0.3, 0.4) is 0 Å². The van der Waals surface area contributed by atoms with Gasteiger partial charge in [-0.05, 0) is 29.5 Å². The standard InChI is InChI=1S/C23H36N2O3/c1-22(2,3)18-9-11-19(12-10-18)28-17-7-8-20(26)24-13-15-25(16-14-24)21(27)23(4,5)6/h9-12H,7-8,13-17H2,1-6H3. The molecule has 1 aliphatic heterocycles. The van der Waals surface area contributed by atoms with E-state index in [0.717, 1.165) is 5.75 Å². The van der Waals surface area contributed by atoms with Crippen LogP contribution >= 0.6 is 0 Å². The Labute approximate surface area is 170 Å². The maximum Gasteiger partial charge on any atom is 0.228 e. The average Bonchev–Trinajstić information content (AvgIpc) is 2.63. The van der Waals surface area contributed by atoms with Crippen LogP contribution in [0, 0.1) is 5.41 Å². The van der Waals surface area contributed by atoms with Gasteiger partial charge in [-0.2, -0.15) is 0 Å². The van der Waals surface area contributed by atoms with Crippen LogP contribution in [0.2, 0.25) is 0 Å². The van der Waals surface area contributed by atoms with Crippen LogP contribution in [-0.4, -0.2) is 54.4 Å². The van der Waals surface area contributed by atoms with Gasteiger partial charge < -0.3 is 14.5 Å². The van der Waals surface area contributed by atoms with Gasteiger partial charge in [0.1, 0.15) is 5.75 Å². The number of amides is 2. The monoisotopic (exact) mass is 388 g/mol. The summed E-state index contributed by atoms with van der Waals surface area (Å²) in [7, 11) is 0. The van der Waals surface area contributed by atoms with Gasteiger partial charge in [-0.3, -0.25) is 9.59 Å². The van der Waals surface area contributed by atoms with E-state index in [1.165, 1.54) is 5.56 Å². The summed E-state index contributed by atoms with van der Waals surface area (Å²) in [4.78, 5) is 28.5. The van der Waals surface area contributed by atoms with E-state index < -0.39 is 0 Å². The molecule has 1 aliphatic rings. The molecule has 2 amide bonds. The van der Waals surface area contributed by atoms with Crippen LogP contribution in [0.1, 0.15) is 59.9 Å². The van der Waals surface area contributed by atoms with Gasteiger partial charge in [-0.1, -0.05) is 53.7 Å². The third kappa shape index (κ3) is 6.25. The Balaban J connectivity index is 1.69. The summed E-state index contributed by atoms with van der Waals surface area (Å²) in [5.41, 5.74) is 1.04. The third-order valence-electron chi connectivity index (χ3n) is 5.09. The molecule has 0 saturated carbocycles. The SMILES string of the molecule is CC(C)(C)C(=O)N1CCN(C(=O)CCCOc2ccc(C(C)(C)C)cc2)CC1. The Hall–Kier alpha value is -2.04. The van der Waals surface area contributed by atoms with Crippen molar-refractivity contribution in [3.63, 3.8) is 0 Å². The van der Waals surface area contributed by atoms with Gasteiger partial charge >= 0.3 is 0 Å². The number of ether oxygens (including phenoxy) is 1. The topological polar surface area (TPSA) is 49.9 Å². The second-order valence-electron chi connectivity index (χ2n) is 9.65. The predicted molar refractivity (Wildman–Crippen MR) is 112 cm³/mol. The van der Waals surface area contributed by atoms with E-state index in [9.17, 15) is 9.59 Å². The van der Waals surface area contributed by atoms with Crippen molar-refractivity contribution in [3.05, 3.63) is 29.8 Å². The van der Waals surface area contributed by atoms with E-state index in [2.05, 4.69) is 32.9 Å². The highest BCUT2D eigenvalue weighted by Gasteiger charge is 2.30. The predicted octanol–water partition coefficient (Wildman–Crippen LogP) is 3.86. The second-order valence-corrected chi connectivity index (χ2v) is 9.65. The van der Waals surface area contributed by atoms with Crippen LogP contribution in [0.5, 0.6) is 5.75 Å². The molecule has 0 N–H and O–H groups in total. The van der Waals surface area contributed by atoms with E-state index in [1.807, 2.05) is 42.7 Å². The average molecular weight is 389 g/mol. The van der Waals surface area contributed by atoms with E-state index in [4.69, 9.17) is 4.74 Å². The third-order valence-corrected chi connectivity index (χ3v) is 5.09. The molecular weight excluding hydrogens is 352 g/mol. The number of carbonyl (C=O) groups excluding carboxylic acids is 2. The van der Waals surface area contributed by atoms with Gasteiger partial charge in [0.2, 0.25) is 11.8 Å². The molecule has 156 valence electrons. The zero-order valence-corrected chi connectivity index (χ0v) is 18.4. The van der Waals surface area contributed by atoms with Gasteiger partial charge in [-0.25, -0.2) is 0 Å². The second kappa shape index (κ2) is 8.97. The number of hydrogen-bond donors (Lipinski definition) is 0. The van der Waals surface area contributed by atoms with Crippen molar-refractivity contribution in [1.29, 1.82) is 0 Å². The summed E-state index contributed by atoms with van der Waals surface area (Å²) in [5.74, 6) is 1.15. The summed E-state index contributed by atoms with van der Waals surface area (Å²) < 4.78 is 5.77. The van der Waals surface area contributed by atoms with Crippen LogP contribution in [0.25, 0.3) is 0 Å². The van der Waals surface area contributed by atoms with E-state index in [0.29, 0.717) is 45.6 Å². The van der Waals surface area contributed by atoms with Crippen molar-refractivity contribution in [2.24, 2.45) is 5.41 Å². The van der Waals surface area contributed by atoms with Gasteiger partial charge in [0.15, 0.2) is 0 Å². The summed E-state index contributed by atoms with van der Waals surface area (Å²) in [6, 6.07) is 8.18. The maximum absolute atomic E-state index is 12.4. The number of hydrogen-bond acceptors (Lipinski definition) is 3. The first-order valence-corrected chi connectivity index (χ1v) is 10.3. The molecule has 1 heterocycles. The lowest BCUT2D eigenvalue weighted by atomic mass is 9.87. The minimum atomic E-state index is -0.366. The number of rotatable bonds is 5. The van der Waals surface area contributed by atoms with Crippen molar-refractivity contribution < 1.29 is 14.3 Å². The molecule has 1 saturated heterocycles. The lowest BCUT2D eigenvalue weighted by molar-refractivity contribution is -0.145. The van der Waals surface area contributed by atoms with Crippen LogP contribution in [-0.2, 0) is 15.0 Å². The molecule has 5 heteroatoms. The molecule has 0 aromatic heterocycles. The number of nitrogens with zero attached hydrogens (tertiary/aromatic N) is 2. The van der Waals surface area contributed by atoms with E-state index in [-0.39, 0.29) is 22.6 Å². The van der Waals surface area contributed by atoms with Gasteiger partial charge in [0.05, 0.1) is 6.61 Å². The molecule has 28 heavy (non-hydrogen) atoms. The van der Waals surface area contributed by atoms with Crippen molar-refractivity contribution in [3.8, 4) is 5.75 Å². The van der Waals surface area contributed by atoms with Crippen molar-refractivity contribution in [2.45, 2.75) is 59.8 Å². The first-order chi connectivity index (χ1) is 13.0. The van der Waals surface area contributed by atoms with Crippen LogP contribution in [0.15, 0.2) is 24.3 Å². The summed E-state index contributed by atoms with van der Waals surface area (Å²) in [6.45, 7) is 15.4. The molecule has 0 aliphatic carbocycles. The Bertz CT molecular complexity index is 661. The highest BCUT2D eigenvalue weighted by Crippen LogP contribution is 2.24. The minimum Gasteiger partial charge on any atom is -0.494 e. The van der Waals surface area contributed by atoms with E-state index in [1.54, 1.807) is 0 Å². The number of piperazine rings is 1. The summed E-state index contributed by atoms with van der Waals surface area (Å²) in [6.07, 6.45) is 1.17. The largest absolute Gasteiger partial charge is 0.494 e. The molecule has 0 bridgehead atoms. The lowest BCUT2D eigenvalue weighted by Crippen LogP contribution is -2.53. The first kappa shape index (κ1) is 22.3. The first-order valence-electron chi connectivity index (χ1n) is 10.3. The fourth-order valence-corrected chi connectivity index (χ4v) is 3.26. The van der Waals surface area contributed by atoms with Gasteiger partial charge in [0.25, 0.3) is 0 Å². The van der Waals surface area contributed by atoms with Crippen molar-refractivity contribution >= 4 is 11.8 Å².